The molecule has 13 heteroatoms. The van der Waals surface area contributed by atoms with E-state index in [1.807, 2.05) is 0 Å². The van der Waals surface area contributed by atoms with Gasteiger partial charge in [0.1, 0.15) is 35.9 Å². The number of hydrogen-bond acceptors (Lipinski definition) is 9. The fourth-order valence-electron chi connectivity index (χ4n) is 2.46. The number of aliphatic hydroxyl groups excluding tert-OH is 2. The van der Waals surface area contributed by atoms with Crippen molar-refractivity contribution < 1.29 is 75.6 Å². The van der Waals surface area contributed by atoms with Crippen molar-refractivity contribution in [2.75, 3.05) is 6.61 Å². The molecular formula is C14H17FNNaO9S. The third-order valence-corrected chi connectivity index (χ3v) is 3.98. The fraction of sp³-hybridized carbons (Fsp3) is 0.500. The maximum absolute atomic E-state index is 13.0. The van der Waals surface area contributed by atoms with Crippen molar-refractivity contribution in [2.24, 2.45) is 0 Å². The number of hydrogen-bond donors (Lipinski definition) is 3. The summed E-state index contributed by atoms with van der Waals surface area (Å²) in [6.45, 7) is 0.313. The molecule has 1 fully saturated rings. The van der Waals surface area contributed by atoms with Gasteiger partial charge in [0.15, 0.2) is 0 Å². The second-order valence-corrected chi connectivity index (χ2v) is 6.49. The molecule has 0 bridgehead atoms. The summed E-state index contributed by atoms with van der Waals surface area (Å²) < 4.78 is 60.6. The summed E-state index contributed by atoms with van der Waals surface area (Å²) >= 11 is 0. The second kappa shape index (κ2) is 10.1. The van der Waals surface area contributed by atoms with Crippen molar-refractivity contribution in [3.8, 4) is 5.75 Å². The molecule has 0 spiro atoms. The Morgan fingerprint density at radius 2 is 1.96 bits per heavy atom. The molecule has 10 nitrogen and oxygen atoms in total. The van der Waals surface area contributed by atoms with E-state index in [-0.39, 0.29) is 35.3 Å². The minimum atomic E-state index is -5.23. The molecule has 1 aliphatic rings. The number of aliphatic hydroxyl groups is 2. The van der Waals surface area contributed by atoms with Crippen LogP contribution in [0.3, 0.4) is 0 Å². The number of carbonyl (C=O) groups excluding carboxylic acids is 1. The van der Waals surface area contributed by atoms with Crippen LogP contribution in [0.2, 0.25) is 0 Å². The molecule has 2 rings (SSSR count). The van der Waals surface area contributed by atoms with E-state index in [0.717, 1.165) is 19.1 Å². The summed E-state index contributed by atoms with van der Waals surface area (Å²) in [5, 5.41) is 22.0. The molecule has 1 amide bonds. The maximum atomic E-state index is 13.0. The largest absolute Gasteiger partial charge is 1.00 e. The maximum Gasteiger partial charge on any atom is 1.00 e. The van der Waals surface area contributed by atoms with Crippen LogP contribution < -0.4 is 39.6 Å². The number of benzene rings is 1. The molecule has 1 aromatic rings. The zero-order chi connectivity index (χ0) is 19.5. The number of ether oxygens (including phenoxy) is 2. The van der Waals surface area contributed by atoms with Gasteiger partial charge in [-0.2, -0.15) is 0 Å². The first-order valence-corrected chi connectivity index (χ1v) is 8.72. The van der Waals surface area contributed by atoms with Crippen molar-refractivity contribution in [1.29, 1.82) is 0 Å². The van der Waals surface area contributed by atoms with Crippen LogP contribution in [0.1, 0.15) is 6.92 Å². The Morgan fingerprint density at radius 3 is 2.44 bits per heavy atom. The van der Waals surface area contributed by atoms with Crippen molar-refractivity contribution in [3.05, 3.63) is 30.1 Å². The van der Waals surface area contributed by atoms with Gasteiger partial charge in [0.25, 0.3) is 0 Å². The summed E-state index contributed by atoms with van der Waals surface area (Å²) in [4.78, 5) is 11.4. The minimum Gasteiger partial charge on any atom is -0.726 e. The Hall–Kier alpha value is -0.830. The van der Waals surface area contributed by atoms with Gasteiger partial charge in [-0.25, -0.2) is 12.8 Å². The van der Waals surface area contributed by atoms with E-state index >= 15 is 0 Å². The topological polar surface area (TPSA) is 154 Å². The average Bonchev–Trinajstić information content (AvgIpc) is 2.54. The van der Waals surface area contributed by atoms with E-state index in [1.54, 1.807) is 0 Å². The third kappa shape index (κ3) is 6.93. The second-order valence-electron chi connectivity index (χ2n) is 5.48. The predicted octanol–water partition coefficient (Wildman–Crippen LogP) is -4.36. The molecule has 0 aliphatic carbocycles. The van der Waals surface area contributed by atoms with Crippen LogP contribution in [0.4, 0.5) is 4.39 Å². The van der Waals surface area contributed by atoms with E-state index in [0.29, 0.717) is 0 Å². The van der Waals surface area contributed by atoms with Crippen LogP contribution in [-0.4, -0.2) is 66.3 Å². The number of halogens is 1. The summed E-state index contributed by atoms with van der Waals surface area (Å²) in [5.41, 5.74) is 0. The molecule has 1 heterocycles. The SMILES string of the molecule is CC(=O)N[C@H]1[C@H](Oc2ccc(F)cc2)O[C@H](CO)[C@H](OS(=O)(=O)[O-])[C@@H]1O.[Na+]. The van der Waals surface area contributed by atoms with Crippen LogP contribution in [0.25, 0.3) is 0 Å². The van der Waals surface area contributed by atoms with E-state index in [9.17, 15) is 32.4 Å². The van der Waals surface area contributed by atoms with Crippen molar-refractivity contribution >= 4 is 16.3 Å². The van der Waals surface area contributed by atoms with Crippen LogP contribution in [0.5, 0.6) is 5.75 Å². The molecule has 3 N–H and O–H groups in total. The van der Waals surface area contributed by atoms with Gasteiger partial charge in [0.05, 0.1) is 6.61 Å². The molecule has 1 saturated heterocycles. The van der Waals surface area contributed by atoms with Gasteiger partial charge in [-0.05, 0) is 24.3 Å². The van der Waals surface area contributed by atoms with Gasteiger partial charge in [0, 0.05) is 6.92 Å². The Balaban J connectivity index is 0.00000364. The predicted molar refractivity (Wildman–Crippen MR) is 81.0 cm³/mol. The molecule has 27 heavy (non-hydrogen) atoms. The quantitative estimate of drug-likeness (QED) is 0.237. The minimum absolute atomic E-state index is 0. The molecule has 0 saturated carbocycles. The van der Waals surface area contributed by atoms with E-state index in [4.69, 9.17) is 9.47 Å². The molecule has 5 atom stereocenters. The Morgan fingerprint density at radius 1 is 1.37 bits per heavy atom. The Labute approximate surface area is 176 Å². The molecule has 1 aliphatic heterocycles. The first-order chi connectivity index (χ1) is 12.1. The zero-order valence-electron chi connectivity index (χ0n) is 14.4. The van der Waals surface area contributed by atoms with Gasteiger partial charge in [-0.1, -0.05) is 0 Å². The van der Waals surface area contributed by atoms with E-state index in [2.05, 4.69) is 9.50 Å². The number of carbonyl (C=O) groups is 1. The summed E-state index contributed by atoms with van der Waals surface area (Å²) in [6, 6.07) is 3.37. The van der Waals surface area contributed by atoms with Crippen LogP contribution in [0.15, 0.2) is 24.3 Å². The van der Waals surface area contributed by atoms with Crippen molar-refractivity contribution in [2.45, 2.75) is 37.6 Å². The van der Waals surface area contributed by atoms with Gasteiger partial charge in [-0.3, -0.25) is 8.98 Å². The van der Waals surface area contributed by atoms with Crippen molar-refractivity contribution in [1.82, 2.24) is 5.32 Å². The molecule has 1 aromatic carbocycles. The smallest absolute Gasteiger partial charge is 0.726 e. The van der Waals surface area contributed by atoms with Gasteiger partial charge in [0.2, 0.25) is 22.6 Å². The molecule has 0 aromatic heterocycles. The van der Waals surface area contributed by atoms with E-state index in [1.165, 1.54) is 12.1 Å². The number of nitrogens with one attached hydrogen (secondary N) is 1. The number of amides is 1. The van der Waals surface area contributed by atoms with Gasteiger partial charge >= 0.3 is 29.6 Å². The standard InChI is InChI=1S/C14H18FNO9S.Na/c1-7(18)16-11-12(19)13(25-26(20,21)22)10(6-17)24-14(11)23-9-4-2-8(15)3-5-9;/h2-5,10-14,17,19H,6H2,1H3,(H,16,18)(H,20,21,22);/q;+1/p-1/t10-,11-,12-,13+,14-;/m1./s1. The monoisotopic (exact) mass is 417 g/mol. The first-order valence-electron chi connectivity index (χ1n) is 7.38. The normalized spacial score (nSPS) is 28.1. The number of rotatable bonds is 6. The third-order valence-electron chi connectivity index (χ3n) is 3.52. The van der Waals surface area contributed by atoms with Crippen LogP contribution in [-0.2, 0) is 24.1 Å². The average molecular weight is 417 g/mol. The molecule has 146 valence electrons. The summed E-state index contributed by atoms with van der Waals surface area (Å²) in [6.07, 6.45) is -6.36. The summed E-state index contributed by atoms with van der Waals surface area (Å²) in [7, 11) is -5.23. The van der Waals surface area contributed by atoms with E-state index < -0.39 is 59.4 Å². The fourth-order valence-corrected chi connectivity index (χ4v) is 2.97. The van der Waals surface area contributed by atoms with Crippen LogP contribution >= 0.6 is 0 Å². The van der Waals surface area contributed by atoms with Gasteiger partial charge in [-0.15, -0.1) is 0 Å². The Kier molecular flexibility index (Phi) is 9.05. The van der Waals surface area contributed by atoms with Crippen LogP contribution in [0, 0.1) is 5.82 Å². The zero-order valence-corrected chi connectivity index (χ0v) is 17.3. The first kappa shape index (κ1) is 24.2. The Bertz CT molecular complexity index is 733. The summed E-state index contributed by atoms with van der Waals surface area (Å²) in [5.74, 6) is -1.02. The molecule has 0 radical (unpaired) electrons. The molecular weight excluding hydrogens is 400 g/mol. The molecule has 0 unspecified atom stereocenters. The van der Waals surface area contributed by atoms with Crippen molar-refractivity contribution in [3.63, 3.8) is 0 Å². The van der Waals surface area contributed by atoms with Gasteiger partial charge < -0.3 is 29.6 Å².